The van der Waals surface area contributed by atoms with E-state index in [4.69, 9.17) is 0 Å². The van der Waals surface area contributed by atoms with Gasteiger partial charge in [-0.25, -0.2) is 4.79 Å². The molecule has 146 valence electrons. The lowest BCUT2D eigenvalue weighted by molar-refractivity contribution is -0.137. The van der Waals surface area contributed by atoms with Crippen molar-refractivity contribution in [3.8, 4) is 11.3 Å². The Morgan fingerprint density at radius 3 is 2.41 bits per heavy atom. The number of rotatable bonds is 3. The van der Waals surface area contributed by atoms with Gasteiger partial charge in [-0.15, -0.1) is 10.2 Å². The normalized spacial score (nSPS) is 11.4. The van der Waals surface area contributed by atoms with Gasteiger partial charge in [0.2, 0.25) is 0 Å². The van der Waals surface area contributed by atoms with Gasteiger partial charge in [0.25, 0.3) is 0 Å². The van der Waals surface area contributed by atoms with Gasteiger partial charge in [0.15, 0.2) is 5.65 Å². The van der Waals surface area contributed by atoms with Crippen LogP contribution in [0.3, 0.4) is 0 Å². The predicted octanol–water partition coefficient (Wildman–Crippen LogP) is 4.45. The van der Waals surface area contributed by atoms with E-state index in [9.17, 15) is 18.0 Å². The number of urea groups is 1. The fourth-order valence-electron chi connectivity index (χ4n) is 2.71. The molecule has 0 atom stereocenters. The molecule has 0 radical (unpaired) electrons. The van der Waals surface area contributed by atoms with Gasteiger partial charge in [-0.1, -0.05) is 18.2 Å². The van der Waals surface area contributed by atoms with Gasteiger partial charge < -0.3 is 10.6 Å². The SMILES string of the molecule is O=C(Nc1cccc(-c2ccc3nncn3n2)c1)Nc1cccc(C(F)(F)F)c1. The molecule has 7 nitrogen and oxygen atoms in total. The van der Waals surface area contributed by atoms with Crippen molar-refractivity contribution in [1.82, 2.24) is 19.8 Å². The summed E-state index contributed by atoms with van der Waals surface area (Å²) in [4.78, 5) is 12.2. The minimum atomic E-state index is -4.48. The second-order valence-corrected chi connectivity index (χ2v) is 6.09. The topological polar surface area (TPSA) is 84.2 Å². The molecule has 2 amide bonds. The smallest absolute Gasteiger partial charge is 0.308 e. The van der Waals surface area contributed by atoms with E-state index in [-0.39, 0.29) is 5.69 Å². The van der Waals surface area contributed by atoms with Crippen LogP contribution in [0.15, 0.2) is 67.0 Å². The summed E-state index contributed by atoms with van der Waals surface area (Å²) in [5, 5.41) is 17.0. The summed E-state index contributed by atoms with van der Waals surface area (Å²) in [6.07, 6.45) is -3.01. The third-order valence-corrected chi connectivity index (χ3v) is 4.03. The van der Waals surface area contributed by atoms with Crippen molar-refractivity contribution >= 4 is 23.1 Å². The van der Waals surface area contributed by atoms with Crippen LogP contribution in [0.4, 0.5) is 29.3 Å². The third kappa shape index (κ3) is 4.15. The number of aromatic nitrogens is 4. The zero-order chi connectivity index (χ0) is 20.4. The maximum atomic E-state index is 12.8. The predicted molar refractivity (Wildman–Crippen MR) is 100 cm³/mol. The van der Waals surface area contributed by atoms with E-state index in [0.29, 0.717) is 17.0 Å². The molecule has 0 saturated heterocycles. The highest BCUT2D eigenvalue weighted by molar-refractivity contribution is 6.00. The minimum Gasteiger partial charge on any atom is -0.308 e. The summed E-state index contributed by atoms with van der Waals surface area (Å²) in [5.41, 5.74) is 1.62. The van der Waals surface area contributed by atoms with Gasteiger partial charge >= 0.3 is 12.2 Å². The average Bonchev–Trinajstić information content (AvgIpc) is 3.15. The fraction of sp³-hybridized carbons (Fsp3) is 0.0526. The molecule has 0 aliphatic heterocycles. The monoisotopic (exact) mass is 398 g/mol. The number of anilines is 2. The number of carbonyl (C=O) groups is 1. The molecule has 2 aromatic carbocycles. The number of alkyl halides is 3. The van der Waals surface area contributed by atoms with Gasteiger partial charge in [0.1, 0.15) is 6.33 Å². The Morgan fingerprint density at radius 2 is 1.66 bits per heavy atom. The van der Waals surface area contributed by atoms with Gasteiger partial charge in [0, 0.05) is 16.9 Å². The van der Waals surface area contributed by atoms with Crippen molar-refractivity contribution in [2.45, 2.75) is 6.18 Å². The number of hydrogen-bond acceptors (Lipinski definition) is 4. The molecule has 0 unspecified atom stereocenters. The number of amides is 2. The molecule has 0 fully saturated rings. The van der Waals surface area contributed by atoms with Crippen LogP contribution in [0.25, 0.3) is 16.9 Å². The largest absolute Gasteiger partial charge is 0.416 e. The van der Waals surface area contributed by atoms with Crippen LogP contribution in [-0.4, -0.2) is 25.8 Å². The van der Waals surface area contributed by atoms with E-state index in [1.165, 1.54) is 23.0 Å². The minimum absolute atomic E-state index is 0.0354. The molecule has 10 heteroatoms. The number of benzene rings is 2. The maximum absolute atomic E-state index is 12.8. The second kappa shape index (κ2) is 7.23. The zero-order valence-electron chi connectivity index (χ0n) is 14.7. The number of nitrogens with one attached hydrogen (secondary N) is 2. The van der Waals surface area contributed by atoms with E-state index in [2.05, 4.69) is 25.9 Å². The lowest BCUT2D eigenvalue weighted by Gasteiger charge is -2.11. The Balaban J connectivity index is 1.50. The quantitative estimate of drug-likeness (QED) is 0.534. The van der Waals surface area contributed by atoms with Crippen LogP contribution in [0.1, 0.15) is 5.56 Å². The van der Waals surface area contributed by atoms with E-state index >= 15 is 0 Å². The lowest BCUT2D eigenvalue weighted by atomic mass is 10.1. The molecule has 29 heavy (non-hydrogen) atoms. The van der Waals surface area contributed by atoms with E-state index in [0.717, 1.165) is 17.7 Å². The lowest BCUT2D eigenvalue weighted by Crippen LogP contribution is -2.19. The maximum Gasteiger partial charge on any atom is 0.416 e. The van der Waals surface area contributed by atoms with Crippen molar-refractivity contribution < 1.29 is 18.0 Å². The number of fused-ring (bicyclic) bond motifs is 1. The molecule has 2 aromatic heterocycles. The fourth-order valence-corrected chi connectivity index (χ4v) is 2.71. The second-order valence-electron chi connectivity index (χ2n) is 6.09. The first-order valence-corrected chi connectivity index (χ1v) is 8.41. The standard InChI is InChI=1S/C19H13F3N6O/c20-19(21,22)13-4-2-6-15(10-13)25-18(29)24-14-5-1-3-12(9-14)16-7-8-17-26-23-11-28(17)27-16/h1-11H,(H2,24,25,29). The summed E-state index contributed by atoms with van der Waals surface area (Å²) in [7, 11) is 0. The first-order valence-electron chi connectivity index (χ1n) is 8.41. The molecule has 0 saturated carbocycles. The molecule has 0 spiro atoms. The first kappa shape index (κ1) is 18.4. The van der Waals surface area contributed by atoms with Crippen molar-refractivity contribution in [2.24, 2.45) is 0 Å². The van der Waals surface area contributed by atoms with Crippen LogP contribution >= 0.6 is 0 Å². The van der Waals surface area contributed by atoms with Crippen LogP contribution in [-0.2, 0) is 6.18 Å². The van der Waals surface area contributed by atoms with Crippen molar-refractivity contribution in [3.05, 3.63) is 72.6 Å². The van der Waals surface area contributed by atoms with Gasteiger partial charge in [-0.05, 0) is 42.5 Å². The Kier molecular flexibility index (Phi) is 4.59. The Bertz CT molecular complexity index is 1190. The van der Waals surface area contributed by atoms with Crippen LogP contribution in [0.5, 0.6) is 0 Å². The zero-order valence-corrected chi connectivity index (χ0v) is 14.7. The highest BCUT2D eigenvalue weighted by atomic mass is 19.4. The Morgan fingerprint density at radius 1 is 0.931 bits per heavy atom. The molecular formula is C19H13F3N6O. The van der Waals surface area contributed by atoms with Crippen LogP contribution in [0, 0.1) is 0 Å². The highest BCUT2D eigenvalue weighted by Crippen LogP contribution is 2.30. The van der Waals surface area contributed by atoms with Gasteiger partial charge in [-0.2, -0.15) is 22.8 Å². The first-order chi connectivity index (χ1) is 13.9. The molecule has 4 aromatic rings. The number of carbonyl (C=O) groups excluding carboxylic acids is 1. The number of halogens is 3. The molecule has 0 aliphatic rings. The number of nitrogens with zero attached hydrogens (tertiary/aromatic N) is 4. The van der Waals surface area contributed by atoms with Gasteiger partial charge in [-0.3, -0.25) is 0 Å². The van der Waals surface area contributed by atoms with Crippen LogP contribution in [0.2, 0.25) is 0 Å². The summed E-state index contributed by atoms with van der Waals surface area (Å²) in [6.45, 7) is 0. The molecule has 2 heterocycles. The molecule has 4 rings (SSSR count). The molecule has 0 bridgehead atoms. The van der Waals surface area contributed by atoms with Crippen molar-refractivity contribution in [1.29, 1.82) is 0 Å². The average molecular weight is 398 g/mol. The number of hydrogen-bond donors (Lipinski definition) is 2. The summed E-state index contributed by atoms with van der Waals surface area (Å²) in [6, 6.07) is 14.2. The summed E-state index contributed by atoms with van der Waals surface area (Å²) in [5.74, 6) is 0. The summed E-state index contributed by atoms with van der Waals surface area (Å²) >= 11 is 0. The van der Waals surface area contributed by atoms with Crippen molar-refractivity contribution in [2.75, 3.05) is 10.6 Å². The molecular weight excluding hydrogens is 385 g/mol. The van der Waals surface area contributed by atoms with E-state index in [1.54, 1.807) is 30.3 Å². The molecule has 0 aliphatic carbocycles. The Hall–Kier alpha value is -3.95. The van der Waals surface area contributed by atoms with E-state index < -0.39 is 17.8 Å². The van der Waals surface area contributed by atoms with Crippen molar-refractivity contribution in [3.63, 3.8) is 0 Å². The van der Waals surface area contributed by atoms with Crippen LogP contribution < -0.4 is 10.6 Å². The molecule has 2 N–H and O–H groups in total. The van der Waals surface area contributed by atoms with E-state index in [1.807, 2.05) is 6.07 Å². The third-order valence-electron chi connectivity index (χ3n) is 4.03. The Labute approximate surface area is 162 Å². The highest BCUT2D eigenvalue weighted by Gasteiger charge is 2.30. The van der Waals surface area contributed by atoms with Gasteiger partial charge in [0.05, 0.1) is 11.3 Å². The summed E-state index contributed by atoms with van der Waals surface area (Å²) < 4.78 is 39.9.